The molecule has 0 saturated heterocycles. The van der Waals surface area contributed by atoms with Crippen molar-refractivity contribution in [1.29, 1.82) is 0 Å². The van der Waals surface area contributed by atoms with Gasteiger partial charge in [0.15, 0.2) is 0 Å². The van der Waals surface area contributed by atoms with Gasteiger partial charge in [0.05, 0.1) is 20.6 Å². The maximum atomic E-state index is 11.7. The van der Waals surface area contributed by atoms with E-state index in [-0.39, 0.29) is 0 Å². The van der Waals surface area contributed by atoms with Gasteiger partial charge in [0.2, 0.25) is 5.37 Å². The molecule has 1 atom stereocenters. The van der Waals surface area contributed by atoms with Crippen molar-refractivity contribution in [2.45, 2.75) is 135 Å². The minimum Gasteiger partial charge on any atom is -0.311 e. The topological polar surface area (TPSA) is 54.4 Å². The van der Waals surface area contributed by atoms with Gasteiger partial charge in [-0.05, 0) is 19.3 Å². The molecule has 0 aliphatic heterocycles. The van der Waals surface area contributed by atoms with Gasteiger partial charge >= 0.3 is 10.1 Å². The van der Waals surface area contributed by atoms with Crippen LogP contribution < -0.4 is 0 Å². The number of hydrogen-bond acceptors (Lipinski definition) is 2. The molecule has 1 N–H and O–H groups in total. The lowest BCUT2D eigenvalue weighted by molar-refractivity contribution is -0.902. The van der Waals surface area contributed by atoms with Gasteiger partial charge in [0.1, 0.15) is 0 Å². The van der Waals surface area contributed by atoms with E-state index >= 15 is 0 Å². The third-order valence-corrected chi connectivity index (χ3v) is 7.74. The van der Waals surface area contributed by atoms with Gasteiger partial charge in [0.25, 0.3) is 0 Å². The summed E-state index contributed by atoms with van der Waals surface area (Å²) in [7, 11) is -0.125. The SMILES string of the molecule is CCCCCCCCCCCCCCCCCC[N+](C)(C)C(CCC)S(=O)(=O)O. The molecule has 29 heavy (non-hydrogen) atoms. The molecule has 0 radical (unpaired) electrons. The Morgan fingerprint density at radius 2 is 0.966 bits per heavy atom. The highest BCUT2D eigenvalue weighted by atomic mass is 32.2. The fourth-order valence-corrected chi connectivity index (χ4v) is 5.68. The molecular weight excluding hydrogens is 382 g/mol. The summed E-state index contributed by atoms with van der Waals surface area (Å²) in [5.41, 5.74) is 0. The number of rotatable bonds is 21. The van der Waals surface area contributed by atoms with E-state index in [1.165, 1.54) is 89.9 Å². The van der Waals surface area contributed by atoms with E-state index in [0.717, 1.165) is 25.8 Å². The van der Waals surface area contributed by atoms with Crippen molar-refractivity contribution in [3.8, 4) is 0 Å². The number of hydrogen-bond donors (Lipinski definition) is 1. The predicted octanol–water partition coefficient (Wildman–Crippen LogP) is 7.34. The summed E-state index contributed by atoms with van der Waals surface area (Å²) in [5, 5.41) is -0.691. The number of quaternary nitrogens is 1. The van der Waals surface area contributed by atoms with Crippen LogP contribution in [-0.2, 0) is 10.1 Å². The van der Waals surface area contributed by atoms with Crippen molar-refractivity contribution < 1.29 is 17.5 Å². The van der Waals surface area contributed by atoms with Crippen molar-refractivity contribution in [3.05, 3.63) is 0 Å². The molecule has 4 nitrogen and oxygen atoms in total. The van der Waals surface area contributed by atoms with E-state index in [1.54, 1.807) is 0 Å². The molecule has 0 aromatic carbocycles. The van der Waals surface area contributed by atoms with E-state index in [4.69, 9.17) is 0 Å². The van der Waals surface area contributed by atoms with Crippen molar-refractivity contribution in [3.63, 3.8) is 0 Å². The van der Waals surface area contributed by atoms with Crippen LogP contribution in [0, 0.1) is 0 Å². The summed E-state index contributed by atoms with van der Waals surface area (Å²) >= 11 is 0. The second-order valence-corrected chi connectivity index (χ2v) is 11.1. The fourth-order valence-electron chi connectivity index (χ4n) is 4.32. The normalized spacial score (nSPS) is 13.7. The van der Waals surface area contributed by atoms with E-state index in [2.05, 4.69) is 6.92 Å². The Hall–Kier alpha value is -0.130. The zero-order chi connectivity index (χ0) is 22.0. The second-order valence-electron chi connectivity index (χ2n) is 9.56. The van der Waals surface area contributed by atoms with Crippen molar-refractivity contribution in [1.82, 2.24) is 0 Å². The summed E-state index contributed by atoms with van der Waals surface area (Å²) in [6.07, 6.45) is 22.8. The van der Waals surface area contributed by atoms with Crippen LogP contribution in [0.5, 0.6) is 0 Å². The van der Waals surface area contributed by atoms with E-state index in [0.29, 0.717) is 10.9 Å². The first-order valence-corrected chi connectivity index (χ1v) is 14.0. The maximum Gasteiger partial charge on any atom is 0.319 e. The number of nitrogens with zero attached hydrogens (tertiary/aromatic N) is 1. The lowest BCUT2D eigenvalue weighted by Gasteiger charge is -2.36. The van der Waals surface area contributed by atoms with Crippen molar-refractivity contribution in [2.75, 3.05) is 20.6 Å². The summed E-state index contributed by atoms with van der Waals surface area (Å²) in [4.78, 5) is 0. The van der Waals surface area contributed by atoms with Crippen LogP contribution in [0.3, 0.4) is 0 Å². The maximum absolute atomic E-state index is 11.7. The van der Waals surface area contributed by atoms with Gasteiger partial charge in [0, 0.05) is 6.42 Å². The molecule has 0 rings (SSSR count). The van der Waals surface area contributed by atoms with Crippen molar-refractivity contribution in [2.24, 2.45) is 0 Å². The summed E-state index contributed by atoms with van der Waals surface area (Å²) < 4.78 is 33.3. The van der Waals surface area contributed by atoms with Crippen LogP contribution in [0.15, 0.2) is 0 Å². The quantitative estimate of drug-likeness (QED) is 0.117. The smallest absolute Gasteiger partial charge is 0.311 e. The Kier molecular flexibility index (Phi) is 17.5. The fraction of sp³-hybridized carbons (Fsp3) is 1.00. The highest BCUT2D eigenvalue weighted by Crippen LogP contribution is 2.20. The second kappa shape index (κ2) is 17.5. The molecule has 0 spiro atoms. The van der Waals surface area contributed by atoms with Gasteiger partial charge in [-0.25, -0.2) is 0 Å². The molecule has 1 unspecified atom stereocenters. The minimum absolute atomic E-state index is 0.366. The van der Waals surface area contributed by atoms with Crippen LogP contribution in [0.1, 0.15) is 129 Å². The Bertz CT molecular complexity index is 463. The van der Waals surface area contributed by atoms with E-state index in [1.807, 2.05) is 21.0 Å². The highest BCUT2D eigenvalue weighted by molar-refractivity contribution is 7.86. The lowest BCUT2D eigenvalue weighted by atomic mass is 10.0. The zero-order valence-electron chi connectivity index (χ0n) is 20.1. The molecule has 0 heterocycles. The molecule has 0 aliphatic carbocycles. The molecule has 5 heteroatoms. The third-order valence-electron chi connectivity index (χ3n) is 6.25. The molecule has 0 aromatic rings. The Morgan fingerprint density at radius 3 is 1.28 bits per heavy atom. The van der Waals surface area contributed by atoms with E-state index in [9.17, 15) is 13.0 Å². The van der Waals surface area contributed by atoms with Crippen molar-refractivity contribution >= 4 is 10.1 Å². The van der Waals surface area contributed by atoms with Gasteiger partial charge in [-0.2, -0.15) is 8.42 Å². The van der Waals surface area contributed by atoms with Gasteiger partial charge in [-0.15, -0.1) is 0 Å². The van der Waals surface area contributed by atoms with Gasteiger partial charge in [-0.3, -0.25) is 4.55 Å². The zero-order valence-corrected chi connectivity index (χ0v) is 20.9. The first-order valence-electron chi connectivity index (χ1n) is 12.5. The monoisotopic (exact) mass is 434 g/mol. The highest BCUT2D eigenvalue weighted by Gasteiger charge is 2.37. The van der Waals surface area contributed by atoms with Crippen LogP contribution in [-0.4, -0.2) is 43.5 Å². The predicted molar refractivity (Wildman–Crippen MR) is 127 cm³/mol. The lowest BCUT2D eigenvalue weighted by Crippen LogP contribution is -2.53. The Morgan fingerprint density at radius 1 is 0.621 bits per heavy atom. The van der Waals surface area contributed by atoms with Gasteiger partial charge < -0.3 is 4.48 Å². The average Bonchev–Trinajstić information content (AvgIpc) is 2.64. The summed E-state index contributed by atoms with van der Waals surface area (Å²) in [5.74, 6) is 0. The van der Waals surface area contributed by atoms with Crippen LogP contribution in [0.4, 0.5) is 0 Å². The average molecular weight is 435 g/mol. The largest absolute Gasteiger partial charge is 0.319 e. The molecule has 0 bridgehead atoms. The van der Waals surface area contributed by atoms with Crippen LogP contribution in [0.25, 0.3) is 0 Å². The van der Waals surface area contributed by atoms with Gasteiger partial charge in [-0.1, -0.05) is 104 Å². The molecule has 176 valence electrons. The Labute approximate surface area is 183 Å². The molecule has 0 amide bonds. The first kappa shape index (κ1) is 28.9. The summed E-state index contributed by atoms with van der Waals surface area (Å²) in [6, 6.07) is 0. The molecule has 0 aliphatic rings. The standard InChI is InChI=1S/C24H51NO3S/c1-5-7-8-9-10-11-12-13-14-15-16-17-18-19-20-21-23-25(3,4)24(22-6-2)29(26,27)28/h24H,5-23H2,1-4H3/p+1. The van der Waals surface area contributed by atoms with Crippen LogP contribution >= 0.6 is 0 Å². The molecule has 0 fully saturated rings. The van der Waals surface area contributed by atoms with E-state index < -0.39 is 15.5 Å². The molecular formula is C24H52NO3S+. The third kappa shape index (κ3) is 16.3. The molecule has 0 saturated carbocycles. The number of unbranched alkanes of at least 4 members (excludes halogenated alkanes) is 15. The summed E-state index contributed by atoms with van der Waals surface area (Å²) in [6.45, 7) is 5.05. The molecule has 0 aromatic heterocycles. The minimum atomic E-state index is -3.98. The van der Waals surface area contributed by atoms with Crippen LogP contribution in [0.2, 0.25) is 0 Å². The first-order chi connectivity index (χ1) is 13.8. The Balaban J connectivity index is 3.57.